The van der Waals surface area contributed by atoms with Gasteiger partial charge in [0.1, 0.15) is 4.99 Å². The van der Waals surface area contributed by atoms with E-state index in [2.05, 4.69) is 39.1 Å². The highest BCUT2D eigenvalue weighted by molar-refractivity contribution is 7.80. The Hall–Kier alpha value is -1.09. The van der Waals surface area contributed by atoms with E-state index in [1.165, 1.54) is 5.56 Å². The molecule has 0 unspecified atom stereocenters. The number of benzene rings is 1. The van der Waals surface area contributed by atoms with Crippen molar-refractivity contribution in [2.24, 2.45) is 11.1 Å². The van der Waals surface area contributed by atoms with E-state index in [9.17, 15) is 0 Å². The largest absolute Gasteiger partial charge is 0.389 e. The van der Waals surface area contributed by atoms with E-state index in [1.807, 2.05) is 12.1 Å². The molecule has 0 saturated heterocycles. The van der Waals surface area contributed by atoms with Gasteiger partial charge in [-0.3, -0.25) is 0 Å². The van der Waals surface area contributed by atoms with Crippen LogP contribution in [0, 0.1) is 12.3 Å². The number of nitrogens with one attached hydrogen (secondary N) is 1. The van der Waals surface area contributed by atoms with Gasteiger partial charge in [-0.1, -0.05) is 39.1 Å². The molecule has 0 spiro atoms. The zero-order valence-electron chi connectivity index (χ0n) is 10.4. The fourth-order valence-corrected chi connectivity index (χ4v) is 1.56. The molecule has 88 valence electrons. The minimum Gasteiger partial charge on any atom is -0.389 e. The number of aryl methyl sites for hydroxylation is 1. The van der Waals surface area contributed by atoms with Crippen molar-refractivity contribution in [3.8, 4) is 0 Å². The summed E-state index contributed by atoms with van der Waals surface area (Å²) in [7, 11) is 0. The number of anilines is 1. The topological polar surface area (TPSA) is 38.0 Å². The fourth-order valence-electron chi connectivity index (χ4n) is 1.38. The molecule has 1 rings (SSSR count). The molecule has 1 aromatic carbocycles. The first-order valence-electron chi connectivity index (χ1n) is 5.44. The van der Waals surface area contributed by atoms with E-state index in [1.54, 1.807) is 0 Å². The highest BCUT2D eigenvalue weighted by Crippen LogP contribution is 2.20. The van der Waals surface area contributed by atoms with Crippen molar-refractivity contribution in [3.05, 3.63) is 29.3 Å². The fraction of sp³-hybridized carbons (Fsp3) is 0.462. The molecular formula is C13H20N2S. The third-order valence-corrected chi connectivity index (χ3v) is 2.47. The van der Waals surface area contributed by atoms with Crippen LogP contribution in [-0.2, 0) is 0 Å². The quantitative estimate of drug-likeness (QED) is 0.792. The monoisotopic (exact) mass is 236 g/mol. The second-order valence-corrected chi connectivity index (χ2v) is 5.77. The first-order valence-corrected chi connectivity index (χ1v) is 5.85. The maximum atomic E-state index is 5.70. The molecule has 0 amide bonds. The SMILES string of the molecule is Cc1ccc(C(N)=S)c(NCC(C)(C)C)c1. The lowest BCUT2D eigenvalue weighted by atomic mass is 9.96. The molecule has 0 atom stereocenters. The predicted octanol–water partition coefficient (Wildman–Crippen LogP) is 3.09. The van der Waals surface area contributed by atoms with Crippen LogP contribution in [0.2, 0.25) is 0 Å². The maximum Gasteiger partial charge on any atom is 0.106 e. The van der Waals surface area contributed by atoms with Crippen LogP contribution >= 0.6 is 12.2 Å². The summed E-state index contributed by atoms with van der Waals surface area (Å²) in [5.41, 5.74) is 9.08. The number of hydrogen-bond acceptors (Lipinski definition) is 2. The summed E-state index contributed by atoms with van der Waals surface area (Å²) in [5, 5.41) is 3.41. The molecule has 0 saturated carbocycles. The van der Waals surface area contributed by atoms with Crippen molar-refractivity contribution in [2.45, 2.75) is 27.7 Å². The van der Waals surface area contributed by atoms with Crippen molar-refractivity contribution < 1.29 is 0 Å². The number of thiocarbonyl (C=S) groups is 1. The smallest absolute Gasteiger partial charge is 0.106 e. The molecule has 0 bridgehead atoms. The second kappa shape index (κ2) is 4.83. The summed E-state index contributed by atoms with van der Waals surface area (Å²) in [6, 6.07) is 6.08. The van der Waals surface area contributed by atoms with Gasteiger partial charge in [-0.25, -0.2) is 0 Å². The van der Waals surface area contributed by atoms with Gasteiger partial charge < -0.3 is 11.1 Å². The zero-order chi connectivity index (χ0) is 12.3. The number of hydrogen-bond donors (Lipinski definition) is 2. The van der Waals surface area contributed by atoms with Gasteiger partial charge in [-0.05, 0) is 30.0 Å². The second-order valence-electron chi connectivity index (χ2n) is 5.33. The van der Waals surface area contributed by atoms with Crippen molar-refractivity contribution >= 4 is 22.9 Å². The molecule has 0 aromatic heterocycles. The molecular weight excluding hydrogens is 216 g/mol. The lowest BCUT2D eigenvalue weighted by molar-refractivity contribution is 0.443. The van der Waals surface area contributed by atoms with Gasteiger partial charge in [-0.15, -0.1) is 0 Å². The molecule has 0 aliphatic heterocycles. The van der Waals surface area contributed by atoms with Crippen LogP contribution in [-0.4, -0.2) is 11.5 Å². The molecule has 16 heavy (non-hydrogen) atoms. The lowest BCUT2D eigenvalue weighted by Crippen LogP contribution is -2.21. The Kier molecular flexibility index (Phi) is 3.92. The Balaban J connectivity index is 2.93. The first kappa shape index (κ1) is 13.0. The van der Waals surface area contributed by atoms with Crippen LogP contribution in [0.3, 0.4) is 0 Å². The highest BCUT2D eigenvalue weighted by Gasteiger charge is 2.11. The van der Waals surface area contributed by atoms with Gasteiger partial charge >= 0.3 is 0 Å². The van der Waals surface area contributed by atoms with E-state index in [0.717, 1.165) is 17.8 Å². The molecule has 0 aliphatic rings. The minimum absolute atomic E-state index is 0.233. The standard InChI is InChI=1S/C13H20N2S/c1-9-5-6-10(12(14)16)11(7-9)15-8-13(2,3)4/h5-7,15H,8H2,1-4H3,(H2,14,16). The van der Waals surface area contributed by atoms with Crippen LogP contribution < -0.4 is 11.1 Å². The van der Waals surface area contributed by atoms with Gasteiger partial charge in [0, 0.05) is 17.8 Å². The van der Waals surface area contributed by atoms with Crippen molar-refractivity contribution in [1.82, 2.24) is 0 Å². The first-order chi connectivity index (χ1) is 7.29. The van der Waals surface area contributed by atoms with Gasteiger partial charge in [0.15, 0.2) is 0 Å². The van der Waals surface area contributed by atoms with E-state index in [4.69, 9.17) is 18.0 Å². The summed E-state index contributed by atoms with van der Waals surface area (Å²) in [5.74, 6) is 0. The van der Waals surface area contributed by atoms with Crippen LogP contribution in [0.15, 0.2) is 18.2 Å². The Morgan fingerprint density at radius 1 is 1.38 bits per heavy atom. The van der Waals surface area contributed by atoms with Crippen LogP contribution in [0.5, 0.6) is 0 Å². The van der Waals surface area contributed by atoms with Gasteiger partial charge in [0.05, 0.1) is 0 Å². The van der Waals surface area contributed by atoms with Crippen molar-refractivity contribution in [2.75, 3.05) is 11.9 Å². The molecule has 1 aromatic rings. The van der Waals surface area contributed by atoms with E-state index >= 15 is 0 Å². The Morgan fingerprint density at radius 3 is 2.50 bits per heavy atom. The zero-order valence-corrected chi connectivity index (χ0v) is 11.2. The summed E-state index contributed by atoms with van der Waals surface area (Å²) in [6.45, 7) is 9.53. The van der Waals surface area contributed by atoms with Crippen LogP contribution in [0.1, 0.15) is 31.9 Å². The molecule has 3 heteroatoms. The molecule has 2 nitrogen and oxygen atoms in total. The summed E-state index contributed by atoms with van der Waals surface area (Å²) in [6.07, 6.45) is 0. The van der Waals surface area contributed by atoms with Gasteiger partial charge in [0.2, 0.25) is 0 Å². The highest BCUT2D eigenvalue weighted by atomic mass is 32.1. The van der Waals surface area contributed by atoms with Gasteiger partial charge in [0.25, 0.3) is 0 Å². The average Bonchev–Trinajstić information content (AvgIpc) is 2.13. The Bertz CT molecular complexity index is 391. The Labute approximate surface area is 103 Å². The van der Waals surface area contributed by atoms with E-state index in [0.29, 0.717) is 4.99 Å². The summed E-state index contributed by atoms with van der Waals surface area (Å²) in [4.78, 5) is 0.441. The lowest BCUT2D eigenvalue weighted by Gasteiger charge is -2.21. The molecule has 0 aliphatic carbocycles. The van der Waals surface area contributed by atoms with E-state index < -0.39 is 0 Å². The number of nitrogens with two attached hydrogens (primary N) is 1. The number of rotatable bonds is 3. The van der Waals surface area contributed by atoms with E-state index in [-0.39, 0.29) is 5.41 Å². The molecule has 0 radical (unpaired) electrons. The molecule has 3 N–H and O–H groups in total. The van der Waals surface area contributed by atoms with Crippen LogP contribution in [0.4, 0.5) is 5.69 Å². The molecule has 0 heterocycles. The van der Waals surface area contributed by atoms with Gasteiger partial charge in [-0.2, -0.15) is 0 Å². The average molecular weight is 236 g/mol. The predicted molar refractivity (Wildman–Crippen MR) is 75.0 cm³/mol. The van der Waals surface area contributed by atoms with Crippen molar-refractivity contribution in [3.63, 3.8) is 0 Å². The molecule has 0 fully saturated rings. The Morgan fingerprint density at radius 2 is 2.00 bits per heavy atom. The maximum absolute atomic E-state index is 5.70. The van der Waals surface area contributed by atoms with Crippen molar-refractivity contribution in [1.29, 1.82) is 0 Å². The summed E-state index contributed by atoms with van der Waals surface area (Å²) >= 11 is 5.04. The summed E-state index contributed by atoms with van der Waals surface area (Å²) < 4.78 is 0. The normalized spacial score (nSPS) is 11.2. The van der Waals surface area contributed by atoms with Crippen LogP contribution in [0.25, 0.3) is 0 Å². The third-order valence-electron chi connectivity index (χ3n) is 2.25. The third kappa shape index (κ3) is 3.81. The minimum atomic E-state index is 0.233.